The Labute approximate surface area is 134 Å². The Morgan fingerprint density at radius 2 is 1.95 bits per heavy atom. The number of hydrogen-bond acceptors (Lipinski definition) is 4. The maximum Gasteiger partial charge on any atom is 0.250 e. The number of rotatable bonds is 8. The molecule has 0 aliphatic heterocycles. The highest BCUT2D eigenvalue weighted by Crippen LogP contribution is 2.31. The Balaban J connectivity index is 2.31. The van der Waals surface area contributed by atoms with E-state index in [0.717, 1.165) is 0 Å². The highest BCUT2D eigenvalue weighted by molar-refractivity contribution is 6.37. The fraction of sp³-hybridized carbons (Fsp3) is 0.500. The number of nitrogens with one attached hydrogen (secondary N) is 1. The van der Waals surface area contributed by atoms with E-state index in [1.165, 1.54) is 12.1 Å². The maximum absolute atomic E-state index is 11.7. The molecule has 0 aliphatic rings. The molecule has 0 atom stereocenters. The van der Waals surface area contributed by atoms with Crippen molar-refractivity contribution in [3.05, 3.63) is 22.2 Å². The number of nitrogen functional groups attached to an aromatic ring is 1. The van der Waals surface area contributed by atoms with Gasteiger partial charge in [0.1, 0.15) is 6.61 Å². The van der Waals surface area contributed by atoms with Crippen molar-refractivity contribution >= 4 is 40.5 Å². The molecular weight excluding hydrogens is 315 g/mol. The Bertz CT molecular complexity index is 458. The number of anilines is 2. The molecule has 0 saturated carbocycles. The van der Waals surface area contributed by atoms with E-state index >= 15 is 0 Å². The predicted octanol–water partition coefficient (Wildman–Crippen LogP) is 3.20. The smallest absolute Gasteiger partial charge is 0.250 e. The molecule has 1 rings (SSSR count). The van der Waals surface area contributed by atoms with Gasteiger partial charge in [-0.3, -0.25) is 4.79 Å². The van der Waals surface area contributed by atoms with Gasteiger partial charge in [-0.15, -0.1) is 0 Å². The van der Waals surface area contributed by atoms with Gasteiger partial charge in [0.2, 0.25) is 5.91 Å². The van der Waals surface area contributed by atoms with Crippen molar-refractivity contribution in [2.75, 3.05) is 37.5 Å². The standard InChI is InChI=1S/C14H20Cl2N2O3/c1-9(2)7-20-3-4-21-8-13(19)18-14-11(16)5-10(15)6-12(14)17/h5-6,9H,3-4,7-8,17H2,1-2H3,(H,18,19). The van der Waals surface area contributed by atoms with E-state index in [4.69, 9.17) is 38.4 Å². The molecule has 7 heteroatoms. The van der Waals surface area contributed by atoms with Crippen LogP contribution < -0.4 is 11.1 Å². The third-order valence-corrected chi connectivity index (χ3v) is 2.92. The molecule has 0 saturated heterocycles. The number of halogens is 2. The average molecular weight is 335 g/mol. The molecule has 0 spiro atoms. The number of carbonyl (C=O) groups excluding carboxylic acids is 1. The summed E-state index contributed by atoms with van der Waals surface area (Å²) in [6, 6.07) is 3.03. The molecule has 0 heterocycles. The van der Waals surface area contributed by atoms with Crippen LogP contribution in [0.4, 0.5) is 11.4 Å². The van der Waals surface area contributed by atoms with Crippen LogP contribution in [0, 0.1) is 5.92 Å². The molecule has 0 bridgehead atoms. The van der Waals surface area contributed by atoms with Crippen molar-refractivity contribution in [1.82, 2.24) is 0 Å². The zero-order valence-corrected chi connectivity index (χ0v) is 13.6. The van der Waals surface area contributed by atoms with Gasteiger partial charge >= 0.3 is 0 Å². The molecule has 0 aliphatic carbocycles. The molecule has 1 amide bonds. The summed E-state index contributed by atoms with van der Waals surface area (Å²) < 4.78 is 10.5. The largest absolute Gasteiger partial charge is 0.397 e. The van der Waals surface area contributed by atoms with Gasteiger partial charge in [0.25, 0.3) is 0 Å². The van der Waals surface area contributed by atoms with Crippen molar-refractivity contribution in [2.24, 2.45) is 5.92 Å². The number of carbonyl (C=O) groups is 1. The SMILES string of the molecule is CC(C)COCCOCC(=O)Nc1c(N)cc(Cl)cc1Cl. The zero-order chi connectivity index (χ0) is 15.8. The minimum absolute atomic E-state index is 0.0938. The van der Waals surface area contributed by atoms with Crippen LogP contribution in [0.2, 0.25) is 10.0 Å². The van der Waals surface area contributed by atoms with Crippen molar-refractivity contribution in [1.29, 1.82) is 0 Å². The second kappa shape index (κ2) is 9.10. The second-order valence-corrected chi connectivity index (χ2v) is 5.76. The lowest BCUT2D eigenvalue weighted by atomic mass is 10.2. The van der Waals surface area contributed by atoms with Crippen LogP contribution in [0.1, 0.15) is 13.8 Å². The van der Waals surface area contributed by atoms with Crippen LogP contribution >= 0.6 is 23.2 Å². The van der Waals surface area contributed by atoms with Crippen LogP contribution in [-0.4, -0.2) is 32.3 Å². The van der Waals surface area contributed by atoms with Gasteiger partial charge in [0, 0.05) is 11.6 Å². The van der Waals surface area contributed by atoms with Crippen molar-refractivity contribution in [2.45, 2.75) is 13.8 Å². The number of amides is 1. The zero-order valence-electron chi connectivity index (χ0n) is 12.1. The fourth-order valence-electron chi connectivity index (χ4n) is 1.50. The fourth-order valence-corrected chi connectivity index (χ4v) is 2.06. The summed E-state index contributed by atoms with van der Waals surface area (Å²) >= 11 is 11.8. The van der Waals surface area contributed by atoms with Crippen LogP contribution in [0.25, 0.3) is 0 Å². The Kier molecular flexibility index (Phi) is 7.82. The van der Waals surface area contributed by atoms with Gasteiger partial charge in [-0.05, 0) is 18.1 Å². The normalized spacial score (nSPS) is 10.9. The summed E-state index contributed by atoms with van der Waals surface area (Å²) in [6.07, 6.45) is 0. The highest BCUT2D eigenvalue weighted by Gasteiger charge is 2.10. The lowest BCUT2D eigenvalue weighted by molar-refractivity contribution is -0.121. The predicted molar refractivity (Wildman–Crippen MR) is 86.0 cm³/mol. The lowest BCUT2D eigenvalue weighted by Crippen LogP contribution is -2.21. The van der Waals surface area contributed by atoms with Gasteiger partial charge in [-0.1, -0.05) is 37.0 Å². The molecule has 5 nitrogen and oxygen atoms in total. The summed E-state index contributed by atoms with van der Waals surface area (Å²) in [5.74, 6) is 0.137. The Morgan fingerprint density at radius 1 is 1.29 bits per heavy atom. The first-order valence-corrected chi connectivity index (χ1v) is 7.35. The first-order chi connectivity index (χ1) is 9.90. The van der Waals surface area contributed by atoms with Gasteiger partial charge < -0.3 is 20.5 Å². The van der Waals surface area contributed by atoms with Gasteiger partial charge in [0.05, 0.1) is 29.6 Å². The van der Waals surface area contributed by atoms with Gasteiger partial charge in [0.15, 0.2) is 0 Å². The molecule has 1 aromatic carbocycles. The molecule has 3 N–H and O–H groups in total. The summed E-state index contributed by atoms with van der Waals surface area (Å²) in [5.41, 5.74) is 6.39. The van der Waals surface area contributed by atoms with Gasteiger partial charge in [-0.2, -0.15) is 0 Å². The number of benzene rings is 1. The highest BCUT2D eigenvalue weighted by atomic mass is 35.5. The van der Waals surface area contributed by atoms with E-state index in [0.29, 0.717) is 42.1 Å². The van der Waals surface area contributed by atoms with E-state index < -0.39 is 0 Å². The van der Waals surface area contributed by atoms with E-state index in [-0.39, 0.29) is 17.5 Å². The summed E-state index contributed by atoms with van der Waals surface area (Å²) in [4.78, 5) is 11.7. The topological polar surface area (TPSA) is 73.6 Å². The molecule has 21 heavy (non-hydrogen) atoms. The molecule has 0 unspecified atom stereocenters. The first kappa shape index (κ1) is 18.0. The summed E-state index contributed by atoms with van der Waals surface area (Å²) in [5, 5.41) is 3.29. The van der Waals surface area contributed by atoms with Crippen molar-refractivity contribution < 1.29 is 14.3 Å². The van der Waals surface area contributed by atoms with Crippen molar-refractivity contribution in [3.63, 3.8) is 0 Å². The minimum Gasteiger partial charge on any atom is -0.397 e. The minimum atomic E-state index is -0.338. The molecule has 0 fully saturated rings. The summed E-state index contributed by atoms with van der Waals surface area (Å²) in [6.45, 7) is 5.51. The van der Waals surface area contributed by atoms with Crippen LogP contribution in [0.3, 0.4) is 0 Å². The molecular formula is C14H20Cl2N2O3. The third-order valence-electron chi connectivity index (χ3n) is 2.41. The van der Waals surface area contributed by atoms with Crippen LogP contribution in [0.5, 0.6) is 0 Å². The third kappa shape index (κ3) is 7.00. The van der Waals surface area contributed by atoms with Crippen LogP contribution in [-0.2, 0) is 14.3 Å². The molecule has 0 aromatic heterocycles. The first-order valence-electron chi connectivity index (χ1n) is 6.60. The average Bonchev–Trinajstić information content (AvgIpc) is 2.37. The number of ether oxygens (including phenoxy) is 2. The summed E-state index contributed by atoms with van der Waals surface area (Å²) in [7, 11) is 0. The molecule has 1 aromatic rings. The monoisotopic (exact) mass is 334 g/mol. The maximum atomic E-state index is 11.7. The van der Waals surface area contributed by atoms with E-state index in [1.54, 1.807) is 0 Å². The number of hydrogen-bond donors (Lipinski definition) is 2. The van der Waals surface area contributed by atoms with E-state index in [9.17, 15) is 4.79 Å². The second-order valence-electron chi connectivity index (χ2n) is 4.92. The van der Waals surface area contributed by atoms with Crippen molar-refractivity contribution in [3.8, 4) is 0 Å². The van der Waals surface area contributed by atoms with Gasteiger partial charge in [-0.25, -0.2) is 0 Å². The molecule has 118 valence electrons. The quantitative estimate of drug-likeness (QED) is 0.565. The lowest BCUT2D eigenvalue weighted by Gasteiger charge is -2.11. The van der Waals surface area contributed by atoms with E-state index in [1.807, 2.05) is 0 Å². The Hall–Kier alpha value is -1.01. The van der Waals surface area contributed by atoms with Crippen LogP contribution in [0.15, 0.2) is 12.1 Å². The van der Waals surface area contributed by atoms with E-state index in [2.05, 4.69) is 19.2 Å². The molecule has 0 radical (unpaired) electrons. The Morgan fingerprint density at radius 3 is 2.57 bits per heavy atom. The number of nitrogens with two attached hydrogens (primary N) is 1.